The molecule has 0 radical (unpaired) electrons. The molecule has 0 heterocycles. The summed E-state index contributed by atoms with van der Waals surface area (Å²) in [7, 11) is 0. The Morgan fingerprint density at radius 3 is 2.39 bits per heavy atom. The van der Waals surface area contributed by atoms with Crippen LogP contribution in [0.25, 0.3) is 10.8 Å². The second-order valence-electron chi connectivity index (χ2n) is 6.86. The number of hydrogen-bond acceptors (Lipinski definition) is 3. The number of thioether (sulfide) groups is 1. The smallest absolute Gasteiger partial charge is 0.255 e. The minimum Gasteiger partial charge on any atom is -0.324 e. The molecular weight excluding hydrogens is 428 g/mol. The number of benzene rings is 4. The minimum absolute atomic E-state index is 0.149. The Labute approximate surface area is 189 Å². The lowest BCUT2D eigenvalue weighted by Crippen LogP contribution is -2.14. The third-order valence-electron chi connectivity index (χ3n) is 4.62. The zero-order valence-electron chi connectivity index (χ0n) is 16.5. The van der Waals surface area contributed by atoms with Crippen LogP contribution in [-0.2, 0) is 4.79 Å². The largest absolute Gasteiger partial charge is 0.324 e. The monoisotopic (exact) mass is 446 g/mol. The highest BCUT2D eigenvalue weighted by molar-refractivity contribution is 8.00. The molecule has 31 heavy (non-hydrogen) atoms. The molecule has 2 N–H and O–H groups in total. The maximum absolute atomic E-state index is 12.7. The van der Waals surface area contributed by atoms with Crippen molar-refractivity contribution in [3.8, 4) is 0 Å². The second kappa shape index (κ2) is 9.69. The van der Waals surface area contributed by atoms with Crippen LogP contribution >= 0.6 is 23.4 Å². The summed E-state index contributed by atoms with van der Waals surface area (Å²) in [4.78, 5) is 25.8. The van der Waals surface area contributed by atoms with E-state index >= 15 is 0 Å². The third kappa shape index (κ3) is 5.45. The van der Waals surface area contributed by atoms with Gasteiger partial charge in [0.05, 0.1) is 16.5 Å². The van der Waals surface area contributed by atoms with E-state index in [9.17, 15) is 9.59 Å². The maximum atomic E-state index is 12.7. The van der Waals surface area contributed by atoms with Gasteiger partial charge in [-0.3, -0.25) is 9.59 Å². The van der Waals surface area contributed by atoms with E-state index in [1.54, 1.807) is 12.1 Å². The van der Waals surface area contributed by atoms with Gasteiger partial charge in [-0.15, -0.1) is 11.8 Å². The summed E-state index contributed by atoms with van der Waals surface area (Å²) >= 11 is 7.46. The number of para-hydroxylation sites is 1. The number of carbonyl (C=O) groups excluding carboxylic acids is 2. The average molecular weight is 447 g/mol. The SMILES string of the molecule is O=C(CSc1cccc(NC(=O)c2ccc3ccccc3c2)c1)Nc1ccccc1Cl. The Balaban J connectivity index is 1.38. The van der Waals surface area contributed by atoms with Crippen LogP contribution in [0, 0.1) is 0 Å². The molecule has 4 aromatic rings. The highest BCUT2D eigenvalue weighted by Crippen LogP contribution is 2.24. The minimum atomic E-state index is -0.177. The van der Waals surface area contributed by atoms with Gasteiger partial charge in [0, 0.05) is 16.1 Å². The number of nitrogens with one attached hydrogen (secondary N) is 2. The standard InChI is InChI=1S/C25H19ClN2O2S/c26-22-10-3-4-11-23(22)28-24(29)16-31-21-9-5-8-20(15-21)27-25(30)19-13-12-17-6-1-2-7-18(17)14-19/h1-15H,16H2,(H,27,30)(H,28,29). The van der Waals surface area contributed by atoms with Gasteiger partial charge in [0.15, 0.2) is 0 Å². The van der Waals surface area contributed by atoms with Crippen molar-refractivity contribution in [2.75, 3.05) is 16.4 Å². The molecule has 0 saturated heterocycles. The number of fused-ring (bicyclic) bond motifs is 1. The van der Waals surface area contributed by atoms with Gasteiger partial charge in [-0.1, -0.05) is 60.1 Å². The summed E-state index contributed by atoms with van der Waals surface area (Å²) in [6.45, 7) is 0. The molecule has 0 spiro atoms. The van der Waals surface area contributed by atoms with Crippen molar-refractivity contribution in [3.63, 3.8) is 0 Å². The first-order valence-electron chi connectivity index (χ1n) is 9.66. The van der Waals surface area contributed by atoms with Crippen LogP contribution in [0.2, 0.25) is 5.02 Å². The molecule has 6 heteroatoms. The third-order valence-corrected chi connectivity index (χ3v) is 5.94. The quantitative estimate of drug-likeness (QED) is 0.333. The lowest BCUT2D eigenvalue weighted by atomic mass is 10.1. The van der Waals surface area contributed by atoms with E-state index in [2.05, 4.69) is 10.6 Å². The Hall–Kier alpha value is -3.28. The molecule has 0 aliphatic heterocycles. The molecule has 0 aliphatic carbocycles. The fraction of sp³-hybridized carbons (Fsp3) is 0.0400. The van der Waals surface area contributed by atoms with Gasteiger partial charge in [-0.2, -0.15) is 0 Å². The Morgan fingerprint density at radius 2 is 1.55 bits per heavy atom. The van der Waals surface area contributed by atoms with Crippen molar-refractivity contribution in [2.45, 2.75) is 4.90 Å². The normalized spacial score (nSPS) is 10.6. The molecule has 0 saturated carbocycles. The Morgan fingerprint density at radius 1 is 0.774 bits per heavy atom. The van der Waals surface area contributed by atoms with Gasteiger partial charge in [-0.25, -0.2) is 0 Å². The van der Waals surface area contributed by atoms with Crippen molar-refractivity contribution in [2.24, 2.45) is 0 Å². The topological polar surface area (TPSA) is 58.2 Å². The number of amides is 2. The van der Waals surface area contributed by atoms with Crippen LogP contribution in [0.5, 0.6) is 0 Å². The highest BCUT2D eigenvalue weighted by Gasteiger charge is 2.09. The number of hydrogen-bond donors (Lipinski definition) is 2. The summed E-state index contributed by atoms with van der Waals surface area (Å²) in [5.41, 5.74) is 1.86. The van der Waals surface area contributed by atoms with E-state index in [-0.39, 0.29) is 17.6 Å². The van der Waals surface area contributed by atoms with Crippen molar-refractivity contribution in [3.05, 3.63) is 102 Å². The highest BCUT2D eigenvalue weighted by atomic mass is 35.5. The summed E-state index contributed by atoms with van der Waals surface area (Å²) in [6.07, 6.45) is 0. The van der Waals surface area contributed by atoms with Gasteiger partial charge in [-0.05, 0) is 53.2 Å². The van der Waals surface area contributed by atoms with Crippen molar-refractivity contribution >= 4 is 57.3 Å². The molecule has 0 aromatic heterocycles. The molecule has 0 aliphatic rings. The molecule has 0 unspecified atom stereocenters. The van der Waals surface area contributed by atoms with Crippen molar-refractivity contribution in [1.29, 1.82) is 0 Å². The maximum Gasteiger partial charge on any atom is 0.255 e. The van der Waals surface area contributed by atoms with Crippen molar-refractivity contribution < 1.29 is 9.59 Å². The first-order valence-corrected chi connectivity index (χ1v) is 11.0. The van der Waals surface area contributed by atoms with Gasteiger partial charge < -0.3 is 10.6 Å². The van der Waals surface area contributed by atoms with E-state index in [1.165, 1.54) is 11.8 Å². The lowest BCUT2D eigenvalue weighted by molar-refractivity contribution is -0.113. The first-order chi connectivity index (χ1) is 15.1. The number of anilines is 2. The summed E-state index contributed by atoms with van der Waals surface area (Å²) < 4.78 is 0. The van der Waals surface area contributed by atoms with Crippen LogP contribution in [0.4, 0.5) is 11.4 Å². The number of halogens is 1. The Bertz CT molecular complexity index is 1260. The molecule has 4 nitrogen and oxygen atoms in total. The summed E-state index contributed by atoms with van der Waals surface area (Å²) in [5.74, 6) is -0.0964. The van der Waals surface area contributed by atoms with Crippen molar-refractivity contribution in [1.82, 2.24) is 0 Å². The zero-order chi connectivity index (χ0) is 21.6. The second-order valence-corrected chi connectivity index (χ2v) is 8.32. The van der Waals surface area contributed by atoms with Crippen LogP contribution in [-0.4, -0.2) is 17.6 Å². The number of carbonyl (C=O) groups is 2. The van der Waals surface area contributed by atoms with Crippen LogP contribution < -0.4 is 10.6 Å². The summed E-state index contributed by atoms with van der Waals surface area (Å²) in [5, 5.41) is 8.34. The van der Waals surface area contributed by atoms with Gasteiger partial charge >= 0.3 is 0 Å². The van der Waals surface area contributed by atoms with Crippen LogP contribution in [0.1, 0.15) is 10.4 Å². The molecule has 4 rings (SSSR count). The first kappa shape index (κ1) is 21.0. The Kier molecular flexibility index (Phi) is 6.55. The molecule has 154 valence electrons. The van der Waals surface area contributed by atoms with Gasteiger partial charge in [0.25, 0.3) is 5.91 Å². The van der Waals surface area contributed by atoms with Gasteiger partial charge in [0.2, 0.25) is 5.91 Å². The molecule has 0 bridgehead atoms. The predicted octanol–water partition coefficient (Wildman–Crippen LogP) is 6.48. The van der Waals surface area contributed by atoms with E-state index < -0.39 is 0 Å². The fourth-order valence-corrected chi connectivity index (χ4v) is 4.03. The summed E-state index contributed by atoms with van der Waals surface area (Å²) in [6, 6.07) is 28.1. The average Bonchev–Trinajstić information content (AvgIpc) is 2.79. The van der Waals surface area contributed by atoms with Crippen LogP contribution in [0.3, 0.4) is 0 Å². The molecule has 0 fully saturated rings. The molecule has 0 atom stereocenters. The fourth-order valence-electron chi connectivity index (χ4n) is 3.10. The number of rotatable bonds is 6. The molecule has 4 aromatic carbocycles. The molecular formula is C25H19ClN2O2S. The van der Waals surface area contributed by atoms with E-state index in [1.807, 2.05) is 78.9 Å². The van der Waals surface area contributed by atoms with E-state index in [0.717, 1.165) is 15.7 Å². The van der Waals surface area contributed by atoms with E-state index in [4.69, 9.17) is 11.6 Å². The van der Waals surface area contributed by atoms with Crippen LogP contribution in [0.15, 0.2) is 95.9 Å². The lowest BCUT2D eigenvalue weighted by Gasteiger charge is -2.09. The van der Waals surface area contributed by atoms with Gasteiger partial charge in [0.1, 0.15) is 0 Å². The zero-order valence-corrected chi connectivity index (χ0v) is 18.0. The van der Waals surface area contributed by atoms with E-state index in [0.29, 0.717) is 22.0 Å². The molecule has 2 amide bonds. The predicted molar refractivity (Wildman–Crippen MR) is 129 cm³/mol.